The number of carbonyl (C=O) groups excluding carboxylic acids is 5. The molecule has 0 atom stereocenters. The maximum absolute atomic E-state index is 13.0. The molecule has 1 fully saturated rings. The maximum Gasteiger partial charge on any atom is 0.334 e. The van der Waals surface area contributed by atoms with Crippen LogP contribution in [0.5, 0.6) is 0 Å². The summed E-state index contributed by atoms with van der Waals surface area (Å²) >= 11 is 0. The summed E-state index contributed by atoms with van der Waals surface area (Å²) in [6.07, 6.45) is 0. The van der Waals surface area contributed by atoms with Crippen molar-refractivity contribution in [2.45, 2.75) is 46.2 Å². The average Bonchev–Trinajstić information content (AvgIpc) is 2.84. The minimum Gasteiger partial charge on any atom is -0.327 e. The first-order valence-electron chi connectivity index (χ1n) is 9.38. The van der Waals surface area contributed by atoms with Crippen molar-refractivity contribution in [3.63, 3.8) is 0 Å². The fourth-order valence-electron chi connectivity index (χ4n) is 2.91. The summed E-state index contributed by atoms with van der Waals surface area (Å²) < 4.78 is 13.0. The minimum atomic E-state index is -1.08. The van der Waals surface area contributed by atoms with Crippen molar-refractivity contribution < 1.29 is 28.4 Å². The fraction of sp³-hybridized carbons (Fsp3) is 0.450. The lowest BCUT2D eigenvalue weighted by molar-refractivity contribution is -0.146. The summed E-state index contributed by atoms with van der Waals surface area (Å²) in [7, 11) is 0. The second-order valence-corrected chi connectivity index (χ2v) is 8.15. The number of hydrogen-bond acceptors (Lipinski definition) is 5. The normalized spacial score (nSPS) is 14.6. The number of amides is 6. The molecule has 162 valence electrons. The van der Waals surface area contributed by atoms with Gasteiger partial charge in [0.15, 0.2) is 0 Å². The topological polar surface area (TPSA) is 107 Å². The Morgan fingerprint density at radius 3 is 2.10 bits per heavy atom. The Kier molecular flexibility index (Phi) is 6.59. The molecule has 6 amide bonds. The summed E-state index contributed by atoms with van der Waals surface area (Å²) in [5.41, 5.74) is -0.462. The zero-order valence-electron chi connectivity index (χ0n) is 17.6. The van der Waals surface area contributed by atoms with E-state index in [4.69, 9.17) is 0 Å². The van der Waals surface area contributed by atoms with Crippen molar-refractivity contribution in [1.82, 2.24) is 14.7 Å². The molecule has 2 rings (SSSR count). The van der Waals surface area contributed by atoms with Crippen molar-refractivity contribution >= 4 is 35.3 Å². The van der Waals surface area contributed by atoms with E-state index in [9.17, 15) is 28.4 Å². The summed E-state index contributed by atoms with van der Waals surface area (Å²) in [6, 6.07) is 3.73. The number of hydrogen-bond donors (Lipinski definition) is 1. The van der Waals surface area contributed by atoms with E-state index in [1.165, 1.54) is 29.2 Å². The summed E-state index contributed by atoms with van der Waals surface area (Å²) in [6.45, 7) is 7.20. The molecule has 1 heterocycles. The third-order valence-corrected chi connectivity index (χ3v) is 4.43. The second-order valence-electron chi connectivity index (χ2n) is 8.15. The highest BCUT2D eigenvalue weighted by molar-refractivity contribution is 6.45. The summed E-state index contributed by atoms with van der Waals surface area (Å²) in [5.74, 6) is -3.73. The zero-order valence-corrected chi connectivity index (χ0v) is 17.6. The van der Waals surface area contributed by atoms with Crippen LogP contribution in [0, 0.1) is 5.82 Å². The van der Waals surface area contributed by atoms with E-state index in [1.807, 2.05) is 0 Å². The Hall–Kier alpha value is -3.30. The van der Waals surface area contributed by atoms with Gasteiger partial charge in [-0.25, -0.2) is 14.1 Å². The minimum absolute atomic E-state index is 0.353. The summed E-state index contributed by atoms with van der Waals surface area (Å²) in [5, 5.41) is 2.56. The molecule has 0 unspecified atom stereocenters. The molecule has 9 nitrogen and oxygen atoms in total. The average molecular weight is 420 g/mol. The van der Waals surface area contributed by atoms with Crippen molar-refractivity contribution in [3.05, 3.63) is 30.1 Å². The van der Waals surface area contributed by atoms with Crippen molar-refractivity contribution in [3.8, 4) is 0 Å². The predicted octanol–water partition coefficient (Wildman–Crippen LogP) is 1.59. The second kappa shape index (κ2) is 8.60. The van der Waals surface area contributed by atoms with Crippen LogP contribution < -0.4 is 5.32 Å². The van der Waals surface area contributed by atoms with Crippen LogP contribution in [-0.4, -0.2) is 69.0 Å². The highest BCUT2D eigenvalue weighted by Crippen LogP contribution is 2.19. The Labute approximate surface area is 173 Å². The molecule has 1 aromatic rings. The van der Waals surface area contributed by atoms with Gasteiger partial charge < -0.3 is 10.2 Å². The van der Waals surface area contributed by atoms with Crippen LogP contribution in [0.3, 0.4) is 0 Å². The van der Waals surface area contributed by atoms with E-state index < -0.39 is 53.6 Å². The van der Waals surface area contributed by atoms with Crippen molar-refractivity contribution in [2.24, 2.45) is 0 Å². The highest BCUT2D eigenvalue weighted by Gasteiger charge is 2.47. The zero-order chi connectivity index (χ0) is 22.8. The number of nitrogens with zero attached hydrogens (tertiary/aromatic N) is 3. The smallest absolute Gasteiger partial charge is 0.327 e. The van der Waals surface area contributed by atoms with Gasteiger partial charge in [0.25, 0.3) is 0 Å². The lowest BCUT2D eigenvalue weighted by Gasteiger charge is -2.36. The van der Waals surface area contributed by atoms with Gasteiger partial charge in [-0.2, -0.15) is 0 Å². The lowest BCUT2D eigenvalue weighted by atomic mass is 10.1. The molecule has 1 aliphatic rings. The monoisotopic (exact) mass is 420 g/mol. The van der Waals surface area contributed by atoms with Gasteiger partial charge >= 0.3 is 17.8 Å². The molecule has 0 bridgehead atoms. The molecule has 0 aromatic heterocycles. The van der Waals surface area contributed by atoms with Gasteiger partial charge in [0.1, 0.15) is 18.9 Å². The number of rotatable bonds is 6. The van der Waals surface area contributed by atoms with E-state index in [0.717, 1.165) is 4.90 Å². The van der Waals surface area contributed by atoms with Crippen molar-refractivity contribution in [1.29, 1.82) is 0 Å². The number of carbonyl (C=O) groups is 5. The number of anilines is 1. The van der Waals surface area contributed by atoms with Crippen LogP contribution in [0.2, 0.25) is 0 Å². The van der Waals surface area contributed by atoms with E-state index in [1.54, 1.807) is 34.6 Å². The Bertz CT molecular complexity index is 876. The third-order valence-electron chi connectivity index (χ3n) is 4.43. The first-order valence-corrected chi connectivity index (χ1v) is 9.38. The van der Waals surface area contributed by atoms with Crippen LogP contribution in [-0.2, 0) is 19.2 Å². The molecule has 30 heavy (non-hydrogen) atoms. The Morgan fingerprint density at radius 1 is 1.07 bits per heavy atom. The van der Waals surface area contributed by atoms with Gasteiger partial charge in [-0.1, -0.05) is 0 Å². The van der Waals surface area contributed by atoms with E-state index >= 15 is 0 Å². The molecular weight excluding hydrogens is 395 g/mol. The molecule has 1 aliphatic heterocycles. The molecule has 1 saturated heterocycles. The largest absolute Gasteiger partial charge is 0.334 e. The molecule has 0 spiro atoms. The van der Waals surface area contributed by atoms with Gasteiger partial charge in [-0.05, 0) is 58.9 Å². The molecule has 0 aliphatic carbocycles. The SMILES string of the molecule is CC(C)N1C(=O)C(=O)N(CC(=O)N(CC(=O)Nc2ccc(F)cc2)C(C)(C)C)C1=O. The molecule has 0 saturated carbocycles. The lowest BCUT2D eigenvalue weighted by Crippen LogP contribution is -2.53. The highest BCUT2D eigenvalue weighted by atomic mass is 19.1. The van der Waals surface area contributed by atoms with Crippen LogP contribution in [0.1, 0.15) is 34.6 Å². The first kappa shape index (κ1) is 23.0. The first-order chi connectivity index (χ1) is 13.8. The van der Waals surface area contributed by atoms with Crippen LogP contribution >= 0.6 is 0 Å². The van der Waals surface area contributed by atoms with Crippen LogP contribution in [0.15, 0.2) is 24.3 Å². The van der Waals surface area contributed by atoms with Crippen LogP contribution in [0.25, 0.3) is 0 Å². The maximum atomic E-state index is 13.0. The predicted molar refractivity (Wildman–Crippen MR) is 106 cm³/mol. The van der Waals surface area contributed by atoms with Gasteiger partial charge in [0.2, 0.25) is 11.8 Å². The van der Waals surface area contributed by atoms with Gasteiger partial charge in [-0.15, -0.1) is 0 Å². The molecule has 1 aromatic carbocycles. The molecular formula is C20H25FN4O5. The Morgan fingerprint density at radius 2 is 1.63 bits per heavy atom. The van der Waals surface area contributed by atoms with E-state index in [2.05, 4.69) is 5.32 Å². The number of benzene rings is 1. The van der Waals surface area contributed by atoms with Gasteiger partial charge in [0, 0.05) is 17.3 Å². The van der Waals surface area contributed by atoms with Crippen LogP contribution in [0.4, 0.5) is 14.9 Å². The molecule has 0 radical (unpaired) electrons. The number of nitrogens with one attached hydrogen (secondary N) is 1. The molecule has 1 N–H and O–H groups in total. The number of urea groups is 1. The van der Waals surface area contributed by atoms with Gasteiger partial charge in [-0.3, -0.25) is 24.1 Å². The van der Waals surface area contributed by atoms with Crippen molar-refractivity contribution in [2.75, 3.05) is 18.4 Å². The third kappa shape index (κ3) is 5.00. The Balaban J connectivity index is 2.13. The molecule has 10 heteroatoms. The standard InChI is InChI=1S/C20H25FN4O5/c1-12(2)25-18(29)17(28)23(19(25)30)11-16(27)24(20(3,4)5)10-15(26)22-14-8-6-13(21)7-9-14/h6-9,12H,10-11H2,1-5H3,(H,22,26). The number of imide groups is 2. The quantitative estimate of drug-likeness (QED) is 0.556. The van der Waals surface area contributed by atoms with E-state index in [-0.39, 0.29) is 6.54 Å². The summed E-state index contributed by atoms with van der Waals surface area (Å²) in [4.78, 5) is 64.4. The fourth-order valence-corrected chi connectivity index (χ4v) is 2.91. The van der Waals surface area contributed by atoms with E-state index in [0.29, 0.717) is 10.6 Å². The van der Waals surface area contributed by atoms with Gasteiger partial charge in [0.05, 0.1) is 0 Å². The number of halogens is 1.